The smallest absolute Gasteiger partial charge is 0.123 e. The Labute approximate surface area is 101 Å². The Balaban J connectivity index is 2.23. The fraction of sp³-hybridized carbons (Fsp3) is 0.0667. The average Bonchev–Trinajstić information content (AvgIpc) is 2.39. The Bertz CT molecular complexity index is 502. The van der Waals surface area contributed by atoms with Crippen molar-refractivity contribution in [3.8, 4) is 0 Å². The molecule has 0 saturated carbocycles. The Morgan fingerprint density at radius 1 is 1.00 bits per heavy atom. The van der Waals surface area contributed by atoms with Crippen LogP contribution in [-0.4, -0.2) is 7.05 Å². The van der Waals surface area contributed by atoms with E-state index in [4.69, 9.17) is 0 Å². The van der Waals surface area contributed by atoms with E-state index < -0.39 is 0 Å². The van der Waals surface area contributed by atoms with E-state index in [0.717, 1.165) is 16.9 Å². The van der Waals surface area contributed by atoms with E-state index in [1.54, 1.807) is 12.1 Å². The van der Waals surface area contributed by atoms with Crippen LogP contribution in [0, 0.1) is 5.82 Å². The summed E-state index contributed by atoms with van der Waals surface area (Å²) in [5.74, 6) is -0.232. The van der Waals surface area contributed by atoms with Gasteiger partial charge in [-0.3, -0.25) is 0 Å². The molecule has 0 aliphatic carbocycles. The molecule has 17 heavy (non-hydrogen) atoms. The molecule has 2 aromatic rings. The van der Waals surface area contributed by atoms with Crippen molar-refractivity contribution < 1.29 is 4.39 Å². The van der Waals surface area contributed by atoms with Crippen molar-refractivity contribution in [3.05, 3.63) is 72.6 Å². The lowest BCUT2D eigenvalue weighted by molar-refractivity contribution is 0.627. The fourth-order valence-electron chi connectivity index (χ4n) is 1.64. The third-order valence-corrected chi connectivity index (χ3v) is 2.73. The molecule has 0 unspecified atom stereocenters. The van der Waals surface area contributed by atoms with Crippen LogP contribution in [-0.2, 0) is 0 Å². The van der Waals surface area contributed by atoms with Crippen LogP contribution in [0.15, 0.2) is 61.2 Å². The summed E-state index contributed by atoms with van der Waals surface area (Å²) >= 11 is 0. The molecule has 2 aromatic carbocycles. The molecule has 86 valence electrons. The highest BCUT2D eigenvalue weighted by molar-refractivity contribution is 5.77. The molecular weight excluding hydrogens is 213 g/mol. The first kappa shape index (κ1) is 11.4. The Hall–Kier alpha value is -2.09. The maximum atomic E-state index is 12.8. The summed E-state index contributed by atoms with van der Waals surface area (Å²) in [6, 6.07) is 16.3. The van der Waals surface area contributed by atoms with Gasteiger partial charge in [0.25, 0.3) is 0 Å². The van der Waals surface area contributed by atoms with Crippen LogP contribution in [0.2, 0.25) is 0 Å². The molecular formula is C15H14FN. The van der Waals surface area contributed by atoms with E-state index >= 15 is 0 Å². The molecule has 0 spiro atoms. The highest BCUT2D eigenvalue weighted by atomic mass is 19.1. The molecule has 0 N–H and O–H groups in total. The zero-order chi connectivity index (χ0) is 12.3. The van der Waals surface area contributed by atoms with Crippen molar-refractivity contribution in [2.75, 3.05) is 11.9 Å². The number of hydrogen-bond acceptors (Lipinski definition) is 1. The summed E-state index contributed by atoms with van der Waals surface area (Å²) in [6.45, 7) is 4.03. The van der Waals surface area contributed by atoms with Crippen LogP contribution in [0.4, 0.5) is 10.1 Å². The van der Waals surface area contributed by atoms with Crippen molar-refractivity contribution in [2.45, 2.75) is 0 Å². The standard InChI is InChI=1S/C15H14FN/c1-12(13-8-10-14(16)11-9-13)17(2)15-6-4-3-5-7-15/h3-11H,1H2,2H3. The van der Waals surface area contributed by atoms with Gasteiger partial charge in [-0.1, -0.05) is 36.9 Å². The number of hydrogen-bond donors (Lipinski definition) is 0. The highest BCUT2D eigenvalue weighted by Crippen LogP contribution is 2.22. The van der Waals surface area contributed by atoms with E-state index in [1.807, 2.05) is 42.3 Å². The van der Waals surface area contributed by atoms with Crippen LogP contribution >= 0.6 is 0 Å². The largest absolute Gasteiger partial charge is 0.345 e. The van der Waals surface area contributed by atoms with Gasteiger partial charge in [-0.05, 0) is 29.8 Å². The summed E-state index contributed by atoms with van der Waals surface area (Å²) in [5.41, 5.74) is 2.82. The van der Waals surface area contributed by atoms with E-state index in [9.17, 15) is 4.39 Å². The van der Waals surface area contributed by atoms with E-state index in [1.165, 1.54) is 12.1 Å². The van der Waals surface area contributed by atoms with Crippen LogP contribution in [0.3, 0.4) is 0 Å². The lowest BCUT2D eigenvalue weighted by Gasteiger charge is -2.22. The number of rotatable bonds is 3. The Kier molecular flexibility index (Phi) is 3.24. The maximum absolute atomic E-state index is 12.8. The summed E-state index contributed by atoms with van der Waals surface area (Å²) in [6.07, 6.45) is 0. The predicted octanol–water partition coefficient (Wildman–Crippen LogP) is 3.93. The van der Waals surface area contributed by atoms with Gasteiger partial charge in [0.05, 0.1) is 0 Å². The van der Waals surface area contributed by atoms with Gasteiger partial charge in [0.1, 0.15) is 5.82 Å². The van der Waals surface area contributed by atoms with E-state index in [2.05, 4.69) is 6.58 Å². The van der Waals surface area contributed by atoms with Gasteiger partial charge in [-0.25, -0.2) is 4.39 Å². The first-order valence-electron chi connectivity index (χ1n) is 5.42. The van der Waals surface area contributed by atoms with Crippen molar-refractivity contribution in [2.24, 2.45) is 0 Å². The van der Waals surface area contributed by atoms with Gasteiger partial charge in [-0.2, -0.15) is 0 Å². The summed E-state index contributed by atoms with van der Waals surface area (Å²) in [7, 11) is 1.95. The van der Waals surface area contributed by atoms with Crippen molar-refractivity contribution in [3.63, 3.8) is 0 Å². The zero-order valence-corrected chi connectivity index (χ0v) is 9.73. The molecule has 0 amide bonds. The molecule has 0 bridgehead atoms. The van der Waals surface area contributed by atoms with Crippen LogP contribution in [0.25, 0.3) is 5.70 Å². The molecule has 1 nitrogen and oxygen atoms in total. The lowest BCUT2D eigenvalue weighted by Crippen LogP contribution is -2.14. The Morgan fingerprint density at radius 2 is 1.59 bits per heavy atom. The third kappa shape index (κ3) is 2.53. The second-order valence-corrected chi connectivity index (χ2v) is 3.85. The topological polar surface area (TPSA) is 3.24 Å². The lowest BCUT2D eigenvalue weighted by atomic mass is 10.1. The predicted molar refractivity (Wildman–Crippen MR) is 70.3 cm³/mol. The normalized spacial score (nSPS) is 10.0. The fourth-order valence-corrected chi connectivity index (χ4v) is 1.64. The average molecular weight is 227 g/mol. The SMILES string of the molecule is C=C(c1ccc(F)cc1)N(C)c1ccccc1. The molecule has 0 atom stereocenters. The molecule has 2 heteroatoms. The molecule has 0 fully saturated rings. The molecule has 0 aromatic heterocycles. The maximum Gasteiger partial charge on any atom is 0.123 e. The minimum absolute atomic E-state index is 0.232. The van der Waals surface area contributed by atoms with Gasteiger partial charge in [-0.15, -0.1) is 0 Å². The zero-order valence-electron chi connectivity index (χ0n) is 9.73. The quantitative estimate of drug-likeness (QED) is 0.767. The number of para-hydroxylation sites is 1. The molecule has 2 rings (SSSR count). The first-order valence-corrected chi connectivity index (χ1v) is 5.42. The second kappa shape index (κ2) is 4.83. The number of halogens is 1. The van der Waals surface area contributed by atoms with Gasteiger partial charge in [0, 0.05) is 18.4 Å². The van der Waals surface area contributed by atoms with Gasteiger partial charge in [0.2, 0.25) is 0 Å². The van der Waals surface area contributed by atoms with E-state index in [-0.39, 0.29) is 5.82 Å². The Morgan fingerprint density at radius 3 is 2.18 bits per heavy atom. The monoisotopic (exact) mass is 227 g/mol. The molecule has 0 radical (unpaired) electrons. The number of nitrogens with zero attached hydrogens (tertiary/aromatic N) is 1. The molecule has 0 heterocycles. The summed E-state index contributed by atoms with van der Waals surface area (Å²) in [4.78, 5) is 1.98. The van der Waals surface area contributed by atoms with E-state index in [0.29, 0.717) is 0 Å². The first-order chi connectivity index (χ1) is 8.18. The molecule has 0 aliphatic rings. The number of anilines is 1. The van der Waals surface area contributed by atoms with Crippen LogP contribution in [0.1, 0.15) is 5.56 Å². The molecule has 0 saturated heterocycles. The molecule has 0 aliphatic heterocycles. The summed E-state index contributed by atoms with van der Waals surface area (Å²) in [5, 5.41) is 0. The van der Waals surface area contributed by atoms with Gasteiger partial charge < -0.3 is 4.90 Å². The minimum atomic E-state index is -0.232. The number of benzene rings is 2. The van der Waals surface area contributed by atoms with Crippen molar-refractivity contribution >= 4 is 11.4 Å². The van der Waals surface area contributed by atoms with Crippen LogP contribution < -0.4 is 4.90 Å². The van der Waals surface area contributed by atoms with Crippen molar-refractivity contribution in [1.82, 2.24) is 0 Å². The van der Waals surface area contributed by atoms with Gasteiger partial charge in [0.15, 0.2) is 0 Å². The second-order valence-electron chi connectivity index (χ2n) is 3.85. The highest BCUT2D eigenvalue weighted by Gasteiger charge is 2.06. The van der Waals surface area contributed by atoms with Gasteiger partial charge >= 0.3 is 0 Å². The summed E-state index contributed by atoms with van der Waals surface area (Å²) < 4.78 is 12.8. The third-order valence-electron chi connectivity index (χ3n) is 2.73. The minimum Gasteiger partial charge on any atom is -0.345 e. The van der Waals surface area contributed by atoms with Crippen LogP contribution in [0.5, 0.6) is 0 Å². The van der Waals surface area contributed by atoms with Crippen molar-refractivity contribution in [1.29, 1.82) is 0 Å².